The average Bonchev–Trinajstić information content (AvgIpc) is 3.16. The number of nitrogens with zero attached hydrogens (tertiary/aromatic N) is 2. The van der Waals surface area contributed by atoms with Crippen molar-refractivity contribution in [3.05, 3.63) is 40.4 Å². The van der Waals surface area contributed by atoms with Crippen molar-refractivity contribution < 1.29 is 13.2 Å². The lowest BCUT2D eigenvalue weighted by atomic mass is 9.96. The van der Waals surface area contributed by atoms with Crippen LogP contribution in [0.4, 0.5) is 5.13 Å². The van der Waals surface area contributed by atoms with Crippen molar-refractivity contribution >= 4 is 32.4 Å². The van der Waals surface area contributed by atoms with E-state index in [1.807, 2.05) is 0 Å². The number of nitrogens with one attached hydrogen (secondary N) is 1. The number of carbonyl (C=O) groups excluding carboxylic acids is 1. The van der Waals surface area contributed by atoms with Gasteiger partial charge in [0.15, 0.2) is 5.13 Å². The first-order valence-electron chi connectivity index (χ1n) is 10.3. The van der Waals surface area contributed by atoms with Crippen LogP contribution in [0.3, 0.4) is 0 Å². The van der Waals surface area contributed by atoms with Crippen LogP contribution in [0.25, 0.3) is 0 Å². The van der Waals surface area contributed by atoms with Gasteiger partial charge in [-0.3, -0.25) is 10.1 Å². The molecule has 0 atom stereocenters. The first kappa shape index (κ1) is 20.5. The maximum absolute atomic E-state index is 13.1. The molecule has 2 aliphatic carbocycles. The predicted molar refractivity (Wildman–Crippen MR) is 115 cm³/mol. The summed E-state index contributed by atoms with van der Waals surface area (Å²) < 4.78 is 27.6. The van der Waals surface area contributed by atoms with Gasteiger partial charge in [0.25, 0.3) is 5.91 Å². The summed E-state index contributed by atoms with van der Waals surface area (Å²) >= 11 is 1.52. The van der Waals surface area contributed by atoms with Crippen molar-refractivity contribution in [1.29, 1.82) is 0 Å². The molecule has 29 heavy (non-hydrogen) atoms. The Morgan fingerprint density at radius 1 is 1.14 bits per heavy atom. The number of anilines is 1. The summed E-state index contributed by atoms with van der Waals surface area (Å²) in [4.78, 5) is 18.7. The first-order valence-corrected chi connectivity index (χ1v) is 12.6. The molecule has 1 amide bonds. The molecular formula is C21H27N3O3S2. The minimum Gasteiger partial charge on any atom is -0.298 e. The summed E-state index contributed by atoms with van der Waals surface area (Å²) in [6.45, 7) is 0. The van der Waals surface area contributed by atoms with Crippen LogP contribution in [0.1, 0.15) is 65.9 Å². The highest BCUT2D eigenvalue weighted by atomic mass is 32.2. The fraction of sp³-hybridized carbons (Fsp3) is 0.524. The topological polar surface area (TPSA) is 79.4 Å². The van der Waals surface area contributed by atoms with Crippen molar-refractivity contribution in [2.75, 3.05) is 12.4 Å². The Hall–Kier alpha value is -1.77. The Kier molecular flexibility index (Phi) is 6.03. The number of amides is 1. The number of aryl methyl sites for hydroxylation is 2. The second-order valence-electron chi connectivity index (χ2n) is 7.89. The molecule has 2 aliphatic rings. The van der Waals surface area contributed by atoms with Gasteiger partial charge in [-0.25, -0.2) is 13.4 Å². The van der Waals surface area contributed by atoms with Gasteiger partial charge in [0.05, 0.1) is 10.6 Å². The lowest BCUT2D eigenvalue weighted by Crippen LogP contribution is -2.38. The molecule has 0 spiro atoms. The predicted octanol–water partition coefficient (Wildman–Crippen LogP) is 4.23. The van der Waals surface area contributed by atoms with Gasteiger partial charge in [-0.05, 0) is 56.7 Å². The monoisotopic (exact) mass is 433 g/mol. The number of hydrogen-bond donors (Lipinski definition) is 1. The molecule has 6 nitrogen and oxygen atoms in total. The van der Waals surface area contributed by atoms with E-state index in [2.05, 4.69) is 10.3 Å². The van der Waals surface area contributed by atoms with Crippen LogP contribution in [0, 0.1) is 0 Å². The van der Waals surface area contributed by atoms with Gasteiger partial charge in [-0.2, -0.15) is 4.31 Å². The normalized spacial score (nSPS) is 17.9. The molecule has 1 aromatic heterocycles. The zero-order chi connectivity index (χ0) is 20.4. The molecule has 0 saturated heterocycles. The summed E-state index contributed by atoms with van der Waals surface area (Å²) in [5.74, 6) is -0.325. The highest BCUT2D eigenvalue weighted by molar-refractivity contribution is 7.89. The van der Waals surface area contributed by atoms with Crippen molar-refractivity contribution in [1.82, 2.24) is 9.29 Å². The number of fused-ring (bicyclic) bond motifs is 1. The van der Waals surface area contributed by atoms with Crippen LogP contribution in [-0.2, 0) is 22.9 Å². The Balaban J connectivity index is 1.51. The minimum atomic E-state index is -3.63. The minimum absolute atomic E-state index is 0.0351. The molecule has 4 rings (SSSR count). The van der Waals surface area contributed by atoms with E-state index in [0.29, 0.717) is 10.7 Å². The van der Waals surface area contributed by atoms with Gasteiger partial charge >= 0.3 is 0 Å². The maximum Gasteiger partial charge on any atom is 0.257 e. The maximum atomic E-state index is 13.1. The summed E-state index contributed by atoms with van der Waals surface area (Å²) in [5.41, 5.74) is 1.42. The van der Waals surface area contributed by atoms with Crippen LogP contribution < -0.4 is 5.32 Å². The van der Waals surface area contributed by atoms with E-state index in [9.17, 15) is 13.2 Å². The molecular weight excluding hydrogens is 406 g/mol. The largest absolute Gasteiger partial charge is 0.298 e. The SMILES string of the molecule is CN(C1CCCCC1)S(=O)(=O)c1cccc(C(=O)Nc2nc3c(s2)CCCC3)c1. The second-order valence-corrected chi connectivity index (χ2v) is 11.0. The average molecular weight is 434 g/mol. The molecule has 1 saturated carbocycles. The van der Waals surface area contributed by atoms with Crippen LogP contribution in [0.5, 0.6) is 0 Å². The number of rotatable bonds is 5. The highest BCUT2D eigenvalue weighted by Gasteiger charge is 2.29. The van der Waals surface area contributed by atoms with Gasteiger partial charge in [0.1, 0.15) is 0 Å². The van der Waals surface area contributed by atoms with Crippen molar-refractivity contribution in [3.63, 3.8) is 0 Å². The number of thiazole rings is 1. The Morgan fingerprint density at radius 3 is 2.66 bits per heavy atom. The number of aromatic nitrogens is 1. The van der Waals surface area contributed by atoms with Crippen molar-refractivity contribution in [2.45, 2.75) is 68.7 Å². The fourth-order valence-corrected chi connectivity index (χ4v) is 6.69. The molecule has 1 N–H and O–H groups in total. The lowest BCUT2D eigenvalue weighted by Gasteiger charge is -2.30. The van der Waals surface area contributed by atoms with E-state index in [0.717, 1.165) is 57.1 Å². The smallest absolute Gasteiger partial charge is 0.257 e. The molecule has 0 unspecified atom stereocenters. The van der Waals surface area contributed by atoms with E-state index in [1.54, 1.807) is 25.2 Å². The van der Waals surface area contributed by atoms with Crippen LogP contribution in [0.2, 0.25) is 0 Å². The quantitative estimate of drug-likeness (QED) is 0.765. The van der Waals surface area contributed by atoms with Gasteiger partial charge in [0.2, 0.25) is 10.0 Å². The number of benzene rings is 1. The number of hydrogen-bond acceptors (Lipinski definition) is 5. The first-order chi connectivity index (χ1) is 13.9. The lowest BCUT2D eigenvalue weighted by molar-refractivity contribution is 0.102. The number of carbonyl (C=O) groups is 1. The van der Waals surface area contributed by atoms with Gasteiger partial charge < -0.3 is 0 Å². The Bertz CT molecular complexity index is 971. The number of sulfonamides is 1. The van der Waals surface area contributed by atoms with E-state index in [1.165, 1.54) is 33.0 Å². The Morgan fingerprint density at radius 2 is 1.90 bits per heavy atom. The molecule has 0 radical (unpaired) electrons. The Labute approximate surface area is 176 Å². The van der Waals surface area contributed by atoms with E-state index >= 15 is 0 Å². The standard InChI is InChI=1S/C21H27N3O3S2/c1-24(16-9-3-2-4-10-16)29(26,27)17-11-7-8-15(14-17)20(25)23-21-22-18-12-5-6-13-19(18)28-21/h7-8,11,14,16H,2-6,9-10,12-13H2,1H3,(H,22,23,25). The fourth-order valence-electron chi connectivity index (χ4n) is 4.18. The second kappa shape index (κ2) is 8.53. The van der Waals surface area contributed by atoms with Crippen molar-refractivity contribution in [2.24, 2.45) is 0 Å². The third-order valence-electron chi connectivity index (χ3n) is 5.93. The van der Waals surface area contributed by atoms with E-state index in [4.69, 9.17) is 0 Å². The molecule has 1 aromatic carbocycles. The van der Waals surface area contributed by atoms with Gasteiger partial charge in [-0.1, -0.05) is 25.3 Å². The summed E-state index contributed by atoms with van der Waals surface area (Å²) in [7, 11) is -1.98. The van der Waals surface area contributed by atoms with E-state index < -0.39 is 10.0 Å². The molecule has 0 bridgehead atoms. The van der Waals surface area contributed by atoms with Gasteiger partial charge in [0, 0.05) is 23.5 Å². The third kappa shape index (κ3) is 4.39. The third-order valence-corrected chi connectivity index (χ3v) is 8.91. The molecule has 2 aromatic rings. The molecule has 1 heterocycles. The van der Waals surface area contributed by atoms with Crippen molar-refractivity contribution in [3.8, 4) is 0 Å². The van der Waals surface area contributed by atoms with E-state index in [-0.39, 0.29) is 16.8 Å². The van der Waals surface area contributed by atoms with Gasteiger partial charge in [-0.15, -0.1) is 11.3 Å². The molecule has 1 fully saturated rings. The summed E-state index contributed by atoms with van der Waals surface area (Å²) in [6, 6.07) is 6.34. The van der Waals surface area contributed by atoms with Crippen LogP contribution in [0.15, 0.2) is 29.2 Å². The molecule has 8 heteroatoms. The highest BCUT2D eigenvalue weighted by Crippen LogP contribution is 2.30. The van der Waals surface area contributed by atoms with Crippen LogP contribution in [-0.4, -0.2) is 36.7 Å². The molecule has 0 aliphatic heterocycles. The molecule has 156 valence electrons. The zero-order valence-corrected chi connectivity index (χ0v) is 18.3. The summed E-state index contributed by atoms with van der Waals surface area (Å²) in [5, 5.41) is 3.44. The summed E-state index contributed by atoms with van der Waals surface area (Å²) in [6.07, 6.45) is 9.35. The zero-order valence-electron chi connectivity index (χ0n) is 16.7. The van der Waals surface area contributed by atoms with Crippen LogP contribution >= 0.6 is 11.3 Å².